The van der Waals surface area contributed by atoms with Crippen molar-refractivity contribution in [3.63, 3.8) is 0 Å². The summed E-state index contributed by atoms with van der Waals surface area (Å²) in [6.45, 7) is 3.61. The minimum atomic E-state index is -1.19. The first-order chi connectivity index (χ1) is 18.8. The highest BCUT2D eigenvalue weighted by Gasteiger charge is 2.44. The fourth-order valence-electron chi connectivity index (χ4n) is 4.67. The van der Waals surface area contributed by atoms with Crippen molar-refractivity contribution < 1.29 is 25.2 Å². The molecular formula is C24H36N10O5. The van der Waals surface area contributed by atoms with E-state index in [1.807, 2.05) is 4.57 Å². The topological polar surface area (TPSA) is 229 Å². The van der Waals surface area contributed by atoms with Gasteiger partial charge in [-0.25, -0.2) is 29.9 Å². The van der Waals surface area contributed by atoms with Crippen LogP contribution in [0.3, 0.4) is 0 Å². The summed E-state index contributed by atoms with van der Waals surface area (Å²) in [5.74, 6) is 0.597. The summed E-state index contributed by atoms with van der Waals surface area (Å²) in [5.41, 5.74) is 13.5. The lowest BCUT2D eigenvalue weighted by atomic mass is 10.0. The average Bonchev–Trinajstić information content (AvgIpc) is 3.62. The first-order valence-electron chi connectivity index (χ1n) is 12.9. The zero-order valence-corrected chi connectivity index (χ0v) is 21.9. The number of ether oxygens (including phenoxy) is 1. The van der Waals surface area contributed by atoms with Gasteiger partial charge in [0.2, 0.25) is 0 Å². The maximum atomic E-state index is 10.0. The van der Waals surface area contributed by atoms with Gasteiger partial charge in [-0.2, -0.15) is 0 Å². The first-order valence-corrected chi connectivity index (χ1v) is 12.9. The van der Waals surface area contributed by atoms with Gasteiger partial charge in [-0.1, -0.05) is 32.6 Å². The van der Waals surface area contributed by atoms with Crippen LogP contribution in [0.1, 0.15) is 58.2 Å². The summed E-state index contributed by atoms with van der Waals surface area (Å²) in [6.07, 6.45) is 6.88. The minimum absolute atomic E-state index is 0.0221. The number of aliphatic hydroxyl groups is 4. The fraction of sp³-hybridized carbons (Fsp3) is 0.583. The highest BCUT2D eigenvalue weighted by Crippen LogP contribution is 2.31. The van der Waals surface area contributed by atoms with Crippen molar-refractivity contribution in [3.8, 4) is 0 Å². The van der Waals surface area contributed by atoms with E-state index in [9.17, 15) is 15.3 Å². The van der Waals surface area contributed by atoms with Gasteiger partial charge in [0.05, 0.1) is 31.4 Å². The number of aromatic nitrogens is 8. The van der Waals surface area contributed by atoms with Crippen LogP contribution in [-0.2, 0) is 4.74 Å². The molecule has 2 unspecified atom stereocenters. The first kappa shape index (κ1) is 28.5. The predicted octanol–water partition coefficient (Wildman–Crippen LogP) is 0.321. The largest absolute Gasteiger partial charge is 0.394 e. The van der Waals surface area contributed by atoms with Gasteiger partial charge < -0.3 is 41.2 Å². The van der Waals surface area contributed by atoms with Gasteiger partial charge in [0, 0.05) is 0 Å². The Morgan fingerprint density at radius 2 is 1.54 bits per heavy atom. The molecule has 1 aliphatic heterocycles. The molecule has 8 N–H and O–H groups in total. The van der Waals surface area contributed by atoms with Crippen molar-refractivity contribution in [1.82, 2.24) is 39.0 Å². The fourth-order valence-corrected chi connectivity index (χ4v) is 4.67. The molecule has 0 aliphatic carbocycles. The molecule has 1 fully saturated rings. The zero-order valence-electron chi connectivity index (χ0n) is 21.9. The Morgan fingerprint density at radius 1 is 0.897 bits per heavy atom. The number of hydrogen-bond donors (Lipinski definition) is 6. The second-order valence-electron chi connectivity index (χ2n) is 9.55. The molecule has 1 aliphatic rings. The molecule has 15 heteroatoms. The molecule has 0 spiro atoms. The zero-order chi connectivity index (χ0) is 28.1. The molecule has 0 radical (unpaired) electrons. The van der Waals surface area contributed by atoms with E-state index in [0.29, 0.717) is 28.1 Å². The molecule has 15 nitrogen and oxygen atoms in total. The molecule has 4 aromatic rings. The number of anilines is 2. The molecule has 0 saturated carbocycles. The summed E-state index contributed by atoms with van der Waals surface area (Å²) in [7, 11) is 0. The van der Waals surface area contributed by atoms with Crippen LogP contribution in [-0.4, -0.2) is 90.5 Å². The Kier molecular flexibility index (Phi) is 9.19. The molecule has 39 heavy (non-hydrogen) atoms. The van der Waals surface area contributed by atoms with Crippen molar-refractivity contribution in [2.24, 2.45) is 0 Å². The van der Waals surface area contributed by atoms with Gasteiger partial charge in [-0.3, -0.25) is 4.57 Å². The van der Waals surface area contributed by atoms with Gasteiger partial charge in [-0.15, -0.1) is 0 Å². The van der Waals surface area contributed by atoms with Gasteiger partial charge in [-0.05, 0) is 13.3 Å². The van der Waals surface area contributed by atoms with E-state index in [1.165, 1.54) is 42.8 Å². The second-order valence-corrected chi connectivity index (χ2v) is 9.55. The maximum Gasteiger partial charge on any atom is 0.167 e. The van der Waals surface area contributed by atoms with Crippen molar-refractivity contribution >= 4 is 34.0 Å². The highest BCUT2D eigenvalue weighted by molar-refractivity contribution is 5.81. The van der Waals surface area contributed by atoms with Crippen LogP contribution < -0.4 is 11.5 Å². The number of nitrogen functional groups attached to an aromatic ring is 2. The number of nitrogens with zero attached hydrogens (tertiary/aromatic N) is 8. The number of unbranched alkanes of at least 4 members (excludes halogenated alkanes) is 3. The standard InChI is InChI=1S/C14H23N5O.C10H13N5O4/c1-3-4-5-6-7-11(10(2)20)19-9-18-12-13(15)16-8-17-14(12)19;11-8-5-9(13-2-12-8)15(3-14-5)10-7(18)6(17)4(1-16)19-10/h8-11,20H,3-7H2,1-2H3,(H2,15,16,17);2-4,6-7,10,16-18H,1H2,(H2,11,12,13)/t;4-,6-,7+,10-/m.1/s1. The Bertz CT molecular complexity index is 1360. The second kappa shape index (κ2) is 12.6. The molecule has 212 valence electrons. The van der Waals surface area contributed by atoms with E-state index < -0.39 is 37.3 Å². The molecule has 5 heterocycles. The van der Waals surface area contributed by atoms with Gasteiger partial charge in [0.25, 0.3) is 0 Å². The number of aliphatic hydroxyl groups excluding tert-OH is 4. The van der Waals surface area contributed by atoms with Crippen molar-refractivity contribution in [1.29, 1.82) is 0 Å². The number of rotatable bonds is 9. The lowest BCUT2D eigenvalue weighted by molar-refractivity contribution is -0.0511. The molecule has 6 atom stereocenters. The van der Waals surface area contributed by atoms with Crippen molar-refractivity contribution in [3.05, 3.63) is 25.3 Å². The quantitative estimate of drug-likeness (QED) is 0.156. The van der Waals surface area contributed by atoms with Crippen LogP contribution in [0.5, 0.6) is 0 Å². The maximum absolute atomic E-state index is 10.0. The van der Waals surface area contributed by atoms with E-state index >= 15 is 0 Å². The SMILES string of the molecule is CCCCCCC(C(C)O)n1cnc2c(N)ncnc21.Nc1ncnc2c1ncn2[C@@H]1O[C@H](CO)[C@@H](O)[C@@H]1O. The molecule has 0 aromatic carbocycles. The number of nitrogens with two attached hydrogens (primary N) is 2. The average molecular weight is 545 g/mol. The van der Waals surface area contributed by atoms with Gasteiger partial charge >= 0.3 is 0 Å². The predicted molar refractivity (Wildman–Crippen MR) is 142 cm³/mol. The van der Waals surface area contributed by atoms with E-state index in [2.05, 4.69) is 36.8 Å². The number of fused-ring (bicyclic) bond motifs is 2. The lowest BCUT2D eigenvalue weighted by Crippen LogP contribution is -2.33. The van der Waals surface area contributed by atoms with Crippen LogP contribution in [0, 0.1) is 0 Å². The normalized spacial score (nSPS) is 22.6. The summed E-state index contributed by atoms with van der Waals surface area (Å²) < 4.78 is 8.78. The van der Waals surface area contributed by atoms with E-state index in [0.717, 1.165) is 12.8 Å². The number of hydrogen-bond acceptors (Lipinski definition) is 13. The Morgan fingerprint density at radius 3 is 2.15 bits per heavy atom. The van der Waals surface area contributed by atoms with E-state index in [1.54, 1.807) is 13.3 Å². The van der Waals surface area contributed by atoms with E-state index in [-0.39, 0.29) is 11.9 Å². The lowest BCUT2D eigenvalue weighted by Gasteiger charge is -2.21. The van der Waals surface area contributed by atoms with Crippen LogP contribution >= 0.6 is 0 Å². The molecule has 5 rings (SSSR count). The third-order valence-corrected chi connectivity index (χ3v) is 6.83. The Hall–Kier alpha value is -3.50. The highest BCUT2D eigenvalue weighted by atomic mass is 16.6. The molecule has 1 saturated heterocycles. The molecule has 0 bridgehead atoms. The molecule has 0 amide bonds. The van der Waals surface area contributed by atoms with Crippen molar-refractivity contribution in [2.75, 3.05) is 18.1 Å². The van der Waals surface area contributed by atoms with Crippen LogP contribution in [0.4, 0.5) is 11.6 Å². The Balaban J connectivity index is 0.000000181. The third-order valence-electron chi connectivity index (χ3n) is 6.83. The Labute approximate surface area is 224 Å². The summed E-state index contributed by atoms with van der Waals surface area (Å²) in [4.78, 5) is 24.3. The third kappa shape index (κ3) is 5.91. The van der Waals surface area contributed by atoms with Crippen LogP contribution in [0.15, 0.2) is 25.3 Å². The van der Waals surface area contributed by atoms with Gasteiger partial charge in [0.15, 0.2) is 29.2 Å². The molecular weight excluding hydrogens is 508 g/mol. The summed E-state index contributed by atoms with van der Waals surface area (Å²) in [5, 5.41) is 38.8. The van der Waals surface area contributed by atoms with Crippen molar-refractivity contribution in [2.45, 2.75) is 82.6 Å². The minimum Gasteiger partial charge on any atom is -0.394 e. The smallest absolute Gasteiger partial charge is 0.167 e. The number of imidazole rings is 2. The monoisotopic (exact) mass is 544 g/mol. The molecule has 4 aromatic heterocycles. The van der Waals surface area contributed by atoms with Crippen LogP contribution in [0.25, 0.3) is 22.3 Å². The van der Waals surface area contributed by atoms with Gasteiger partial charge in [0.1, 0.15) is 42.0 Å². The van der Waals surface area contributed by atoms with Crippen LogP contribution in [0.2, 0.25) is 0 Å². The van der Waals surface area contributed by atoms with E-state index in [4.69, 9.17) is 21.3 Å². The summed E-state index contributed by atoms with van der Waals surface area (Å²) in [6, 6.07) is -0.0221. The summed E-state index contributed by atoms with van der Waals surface area (Å²) >= 11 is 0.